The van der Waals surface area contributed by atoms with Crippen LogP contribution in [0.3, 0.4) is 0 Å². The van der Waals surface area contributed by atoms with E-state index >= 15 is 0 Å². The van der Waals surface area contributed by atoms with Gasteiger partial charge >= 0.3 is 0 Å². The van der Waals surface area contributed by atoms with E-state index in [1.165, 1.54) is 0 Å². The minimum Gasteiger partial charge on any atom is -0.380 e. The summed E-state index contributed by atoms with van der Waals surface area (Å²) < 4.78 is 5.35. The van der Waals surface area contributed by atoms with E-state index in [1.807, 2.05) is 18.7 Å². The summed E-state index contributed by atoms with van der Waals surface area (Å²) in [5, 5.41) is 3.32. The molecule has 0 fully saturated rings. The highest BCUT2D eigenvalue weighted by Crippen LogP contribution is 2.13. The molecule has 0 aliphatic rings. The first-order valence-corrected chi connectivity index (χ1v) is 7.07. The largest absolute Gasteiger partial charge is 0.380 e. The average Bonchev–Trinajstić information content (AvgIpc) is 2.41. The lowest BCUT2D eigenvalue weighted by molar-refractivity contribution is 0.153. The maximum Gasteiger partial charge on any atom is 0.231 e. The molecule has 1 aromatic rings. The van der Waals surface area contributed by atoms with E-state index in [9.17, 15) is 0 Å². The zero-order valence-corrected chi connectivity index (χ0v) is 12.6. The highest BCUT2D eigenvalue weighted by molar-refractivity contribution is 6.28. The van der Waals surface area contributed by atoms with Crippen LogP contribution >= 0.6 is 11.6 Å². The van der Waals surface area contributed by atoms with Gasteiger partial charge in [-0.2, -0.15) is 15.0 Å². The lowest BCUT2D eigenvalue weighted by atomic mass is 10.5. The molecule has 0 atom stereocenters. The van der Waals surface area contributed by atoms with Crippen LogP contribution < -0.4 is 10.2 Å². The lowest BCUT2D eigenvalue weighted by Gasteiger charge is -2.20. The summed E-state index contributed by atoms with van der Waals surface area (Å²) in [4.78, 5) is 14.6. The molecule has 0 radical (unpaired) electrons. The van der Waals surface area contributed by atoms with Gasteiger partial charge in [-0.15, -0.1) is 0 Å². The molecule has 6 nitrogen and oxygen atoms in total. The molecular weight excluding hydrogens is 266 g/mol. The van der Waals surface area contributed by atoms with Crippen LogP contribution in [0.5, 0.6) is 0 Å². The quantitative estimate of drug-likeness (QED) is 0.703. The first kappa shape index (κ1) is 15.9. The van der Waals surface area contributed by atoms with Gasteiger partial charge < -0.3 is 15.0 Å². The van der Waals surface area contributed by atoms with Crippen molar-refractivity contribution in [3.05, 3.63) is 5.28 Å². The fourth-order valence-corrected chi connectivity index (χ4v) is 1.67. The SMILES string of the molecule is CCCNc1nc(Cl)nc(N(CC)CCOCC)n1. The molecule has 0 spiro atoms. The van der Waals surface area contributed by atoms with Gasteiger partial charge in [-0.3, -0.25) is 0 Å². The fourth-order valence-electron chi connectivity index (χ4n) is 1.52. The molecule has 1 aromatic heterocycles. The third kappa shape index (κ3) is 5.57. The number of halogens is 1. The second-order valence-corrected chi connectivity index (χ2v) is 4.27. The molecular formula is C12H22ClN5O. The van der Waals surface area contributed by atoms with E-state index in [0.717, 1.165) is 26.1 Å². The van der Waals surface area contributed by atoms with Crippen LogP contribution in [-0.4, -0.2) is 47.8 Å². The zero-order chi connectivity index (χ0) is 14.1. The van der Waals surface area contributed by atoms with Crippen LogP contribution in [0.1, 0.15) is 27.2 Å². The van der Waals surface area contributed by atoms with Crippen molar-refractivity contribution < 1.29 is 4.74 Å². The number of hydrogen-bond acceptors (Lipinski definition) is 6. The van der Waals surface area contributed by atoms with Gasteiger partial charge in [0.15, 0.2) is 0 Å². The third-order valence-electron chi connectivity index (χ3n) is 2.50. The number of anilines is 2. The van der Waals surface area contributed by atoms with Gasteiger partial charge in [-0.1, -0.05) is 6.92 Å². The van der Waals surface area contributed by atoms with Crippen LogP contribution in [0, 0.1) is 0 Å². The molecule has 0 unspecified atom stereocenters. The van der Waals surface area contributed by atoms with Crippen molar-refractivity contribution in [2.75, 3.05) is 43.1 Å². The Kier molecular flexibility index (Phi) is 7.43. The van der Waals surface area contributed by atoms with Crippen molar-refractivity contribution in [3.8, 4) is 0 Å². The Hall–Kier alpha value is -1.14. The van der Waals surface area contributed by atoms with Gasteiger partial charge in [-0.05, 0) is 31.9 Å². The van der Waals surface area contributed by atoms with Crippen molar-refractivity contribution in [2.24, 2.45) is 0 Å². The average molecular weight is 288 g/mol. The topological polar surface area (TPSA) is 63.2 Å². The highest BCUT2D eigenvalue weighted by Gasteiger charge is 2.11. The molecule has 0 saturated carbocycles. The van der Waals surface area contributed by atoms with Crippen molar-refractivity contribution in [3.63, 3.8) is 0 Å². The van der Waals surface area contributed by atoms with Crippen LogP contribution in [0.25, 0.3) is 0 Å². The molecule has 0 amide bonds. The molecule has 0 aromatic carbocycles. The van der Waals surface area contributed by atoms with E-state index in [4.69, 9.17) is 16.3 Å². The first-order chi connectivity index (χ1) is 9.21. The summed E-state index contributed by atoms with van der Waals surface area (Å²) in [5.41, 5.74) is 0. The molecule has 108 valence electrons. The highest BCUT2D eigenvalue weighted by atomic mass is 35.5. The predicted molar refractivity (Wildman–Crippen MR) is 78.0 cm³/mol. The van der Waals surface area contributed by atoms with Crippen LogP contribution in [0.4, 0.5) is 11.9 Å². The van der Waals surface area contributed by atoms with Gasteiger partial charge in [0, 0.05) is 26.2 Å². The van der Waals surface area contributed by atoms with Crippen molar-refractivity contribution in [2.45, 2.75) is 27.2 Å². The second kappa shape index (κ2) is 8.87. The van der Waals surface area contributed by atoms with Crippen molar-refractivity contribution >= 4 is 23.5 Å². The summed E-state index contributed by atoms with van der Waals surface area (Å²) in [6.07, 6.45) is 1.00. The van der Waals surface area contributed by atoms with Crippen LogP contribution in [-0.2, 0) is 4.74 Å². The van der Waals surface area contributed by atoms with Gasteiger partial charge in [0.25, 0.3) is 0 Å². The fraction of sp³-hybridized carbons (Fsp3) is 0.750. The Labute approximate surface area is 119 Å². The monoisotopic (exact) mass is 287 g/mol. The standard InChI is InChI=1S/C12H22ClN5O/c1-4-7-14-11-15-10(13)16-12(17-11)18(5-2)8-9-19-6-3/h4-9H2,1-3H3,(H,14,15,16,17). The molecule has 0 aliphatic carbocycles. The van der Waals surface area contributed by atoms with Gasteiger partial charge in [0.1, 0.15) is 0 Å². The van der Waals surface area contributed by atoms with E-state index in [2.05, 4.69) is 27.2 Å². The summed E-state index contributed by atoms with van der Waals surface area (Å²) in [6, 6.07) is 0. The molecule has 0 saturated heterocycles. The summed E-state index contributed by atoms with van der Waals surface area (Å²) in [6.45, 7) is 9.79. The van der Waals surface area contributed by atoms with Crippen LogP contribution in [0.2, 0.25) is 5.28 Å². The Morgan fingerprint density at radius 2 is 2.00 bits per heavy atom. The van der Waals surface area contributed by atoms with Crippen molar-refractivity contribution in [1.29, 1.82) is 0 Å². The Balaban J connectivity index is 2.75. The molecule has 0 bridgehead atoms. The predicted octanol–water partition coefficient (Wildman–Crippen LogP) is 2.21. The number of hydrogen-bond donors (Lipinski definition) is 1. The number of nitrogens with zero attached hydrogens (tertiary/aromatic N) is 4. The zero-order valence-electron chi connectivity index (χ0n) is 11.8. The molecule has 19 heavy (non-hydrogen) atoms. The smallest absolute Gasteiger partial charge is 0.231 e. The number of nitrogens with one attached hydrogen (secondary N) is 1. The molecule has 1 N–H and O–H groups in total. The maximum atomic E-state index is 5.93. The van der Waals surface area contributed by atoms with Crippen LogP contribution in [0.15, 0.2) is 0 Å². The number of rotatable bonds is 9. The lowest BCUT2D eigenvalue weighted by Crippen LogP contribution is -2.29. The van der Waals surface area contributed by atoms with Gasteiger partial charge in [0.05, 0.1) is 6.61 Å². The Morgan fingerprint density at radius 1 is 1.21 bits per heavy atom. The van der Waals surface area contributed by atoms with E-state index in [-0.39, 0.29) is 5.28 Å². The minimum absolute atomic E-state index is 0.207. The first-order valence-electron chi connectivity index (χ1n) is 6.69. The second-order valence-electron chi connectivity index (χ2n) is 3.93. The Bertz CT molecular complexity index is 377. The summed E-state index contributed by atoms with van der Waals surface area (Å²) in [7, 11) is 0. The normalized spacial score (nSPS) is 10.5. The third-order valence-corrected chi connectivity index (χ3v) is 2.67. The van der Waals surface area contributed by atoms with E-state index in [1.54, 1.807) is 0 Å². The Morgan fingerprint density at radius 3 is 2.63 bits per heavy atom. The van der Waals surface area contributed by atoms with E-state index in [0.29, 0.717) is 25.1 Å². The maximum absolute atomic E-state index is 5.93. The summed E-state index contributed by atoms with van der Waals surface area (Å²) >= 11 is 5.93. The molecule has 7 heteroatoms. The number of likely N-dealkylation sites (N-methyl/N-ethyl adjacent to an activating group) is 1. The molecule has 1 rings (SSSR count). The molecule has 0 aliphatic heterocycles. The van der Waals surface area contributed by atoms with Gasteiger partial charge in [0.2, 0.25) is 17.2 Å². The minimum atomic E-state index is 0.207. The number of ether oxygens (including phenoxy) is 1. The van der Waals surface area contributed by atoms with Crippen molar-refractivity contribution in [1.82, 2.24) is 15.0 Å². The molecule has 1 heterocycles. The number of aromatic nitrogens is 3. The van der Waals surface area contributed by atoms with E-state index < -0.39 is 0 Å². The van der Waals surface area contributed by atoms with Gasteiger partial charge in [-0.25, -0.2) is 0 Å². The summed E-state index contributed by atoms with van der Waals surface area (Å²) in [5.74, 6) is 1.10.